The van der Waals surface area contributed by atoms with Gasteiger partial charge in [0.15, 0.2) is 6.19 Å². The predicted octanol–water partition coefficient (Wildman–Crippen LogP) is 1.92. The molecule has 1 N–H and O–H groups in total. The van der Waals surface area contributed by atoms with Gasteiger partial charge < -0.3 is 0 Å². The topological polar surface area (TPSA) is 98.5 Å². The molecule has 0 aliphatic rings. The second-order valence-corrected chi connectivity index (χ2v) is 5.42. The van der Waals surface area contributed by atoms with E-state index in [2.05, 4.69) is 0 Å². The van der Waals surface area contributed by atoms with Crippen molar-refractivity contribution in [3.8, 4) is 6.19 Å². The number of hydrogen-bond donors (Lipinski definition) is 1. The Kier molecular flexibility index (Phi) is 3.44. The summed E-state index contributed by atoms with van der Waals surface area (Å²) in [6.07, 6.45) is 1.60. The Morgan fingerprint density at radius 2 is 1.90 bits per heavy atom. The summed E-state index contributed by atoms with van der Waals surface area (Å²) < 4.78 is 32.7. The molecule has 0 aliphatic heterocycles. The number of amides is 1. The summed E-state index contributed by atoms with van der Waals surface area (Å²) in [6, 6.07) is 9.37. The first-order chi connectivity index (χ1) is 9.36. The minimum Gasteiger partial charge on any atom is -0.282 e. The van der Waals surface area contributed by atoms with E-state index in [1.54, 1.807) is 30.5 Å². The Labute approximate surface area is 115 Å². The smallest absolute Gasteiger partial charge is 0.282 e. The maximum Gasteiger partial charge on any atom is 0.297 e. The van der Waals surface area contributed by atoms with Gasteiger partial charge in [-0.1, -0.05) is 30.3 Å². The lowest BCUT2D eigenvalue weighted by atomic mass is 10.1. The van der Waals surface area contributed by atoms with Crippen molar-refractivity contribution in [1.82, 2.24) is 0 Å². The van der Waals surface area contributed by atoms with Gasteiger partial charge in [-0.05, 0) is 11.5 Å². The molecule has 0 heterocycles. The van der Waals surface area contributed by atoms with Crippen molar-refractivity contribution in [3.63, 3.8) is 0 Å². The highest BCUT2D eigenvalue weighted by molar-refractivity contribution is 7.86. The van der Waals surface area contributed by atoms with E-state index in [0.29, 0.717) is 10.3 Å². The summed E-state index contributed by atoms with van der Waals surface area (Å²) in [5.41, 5.74) is -0.166. The maximum absolute atomic E-state index is 11.6. The number of carbonyl (C=O) groups excluding carboxylic acids is 1. The van der Waals surface area contributed by atoms with Gasteiger partial charge in [0.25, 0.3) is 10.1 Å². The van der Waals surface area contributed by atoms with Gasteiger partial charge in [-0.3, -0.25) is 9.35 Å². The van der Waals surface area contributed by atoms with Crippen molar-refractivity contribution in [2.24, 2.45) is 0 Å². The molecule has 0 spiro atoms. The van der Waals surface area contributed by atoms with Crippen LogP contribution in [0.15, 0.2) is 41.3 Å². The summed E-state index contributed by atoms with van der Waals surface area (Å²) in [7, 11) is -4.59. The van der Waals surface area contributed by atoms with Crippen LogP contribution in [0.25, 0.3) is 10.8 Å². The van der Waals surface area contributed by atoms with Gasteiger partial charge in [0, 0.05) is 12.3 Å². The van der Waals surface area contributed by atoms with Crippen LogP contribution in [0.2, 0.25) is 0 Å². The first-order valence-electron chi connectivity index (χ1n) is 5.56. The van der Waals surface area contributed by atoms with Crippen molar-refractivity contribution in [3.05, 3.63) is 36.4 Å². The molecule has 0 unspecified atom stereocenters. The molecular formula is C13H10N2O4S. The highest BCUT2D eigenvalue weighted by Gasteiger charge is 2.24. The standard InChI is InChI=1S/C13H10N2O4S/c1-9(16)15(8-14)12-7-6-10-4-2-3-5-11(10)13(12)20(17,18)19/h2-7H,1H3,(H,17,18,19). The fourth-order valence-corrected chi connectivity index (χ4v) is 2.86. The Morgan fingerprint density at radius 3 is 2.45 bits per heavy atom. The largest absolute Gasteiger partial charge is 0.297 e. The molecule has 0 bridgehead atoms. The van der Waals surface area contributed by atoms with Crippen LogP contribution < -0.4 is 4.90 Å². The molecule has 0 saturated carbocycles. The zero-order valence-corrected chi connectivity index (χ0v) is 11.3. The Morgan fingerprint density at radius 1 is 1.25 bits per heavy atom. The van der Waals surface area contributed by atoms with E-state index in [9.17, 15) is 17.8 Å². The van der Waals surface area contributed by atoms with Gasteiger partial charge in [0.1, 0.15) is 4.90 Å². The van der Waals surface area contributed by atoms with Gasteiger partial charge in [-0.2, -0.15) is 13.7 Å². The van der Waals surface area contributed by atoms with Crippen LogP contribution >= 0.6 is 0 Å². The number of rotatable bonds is 2. The van der Waals surface area contributed by atoms with E-state index in [1.165, 1.54) is 12.1 Å². The molecule has 0 radical (unpaired) electrons. The second-order valence-electron chi connectivity index (χ2n) is 4.06. The molecule has 2 aromatic rings. The van der Waals surface area contributed by atoms with Gasteiger partial charge in [-0.25, -0.2) is 4.90 Å². The van der Waals surface area contributed by atoms with Crippen LogP contribution in [0.4, 0.5) is 5.69 Å². The second kappa shape index (κ2) is 4.92. The Bertz CT molecular complexity index is 837. The van der Waals surface area contributed by atoms with Gasteiger partial charge in [-0.15, -0.1) is 0 Å². The predicted molar refractivity (Wildman–Crippen MR) is 72.5 cm³/mol. The summed E-state index contributed by atoms with van der Waals surface area (Å²) in [4.78, 5) is 11.6. The lowest BCUT2D eigenvalue weighted by molar-refractivity contribution is -0.115. The molecule has 6 nitrogen and oxygen atoms in total. The molecule has 2 aromatic carbocycles. The molecule has 2 rings (SSSR count). The molecular weight excluding hydrogens is 280 g/mol. The minimum absolute atomic E-state index is 0.166. The number of carbonyl (C=O) groups is 1. The van der Waals surface area contributed by atoms with Crippen molar-refractivity contribution >= 4 is 32.5 Å². The summed E-state index contributed by atoms with van der Waals surface area (Å²) >= 11 is 0. The van der Waals surface area contributed by atoms with Crippen molar-refractivity contribution < 1.29 is 17.8 Å². The quantitative estimate of drug-likeness (QED) is 0.517. The van der Waals surface area contributed by atoms with E-state index in [-0.39, 0.29) is 11.1 Å². The van der Waals surface area contributed by atoms with E-state index in [4.69, 9.17) is 5.26 Å². The molecule has 0 saturated heterocycles. The average Bonchev–Trinajstić information content (AvgIpc) is 2.37. The average molecular weight is 290 g/mol. The summed E-state index contributed by atoms with van der Waals surface area (Å²) in [6.45, 7) is 1.13. The zero-order chi connectivity index (χ0) is 14.9. The monoisotopic (exact) mass is 290 g/mol. The fraction of sp³-hybridized carbons (Fsp3) is 0.0769. The maximum atomic E-state index is 11.6. The zero-order valence-electron chi connectivity index (χ0n) is 10.4. The number of anilines is 1. The number of hydrogen-bond acceptors (Lipinski definition) is 4. The minimum atomic E-state index is -4.59. The Hall–Kier alpha value is -2.43. The first-order valence-corrected chi connectivity index (χ1v) is 7.00. The van der Waals surface area contributed by atoms with Gasteiger partial charge >= 0.3 is 0 Å². The highest BCUT2D eigenvalue weighted by Crippen LogP contribution is 2.32. The fourth-order valence-electron chi connectivity index (χ4n) is 1.97. The first kappa shape index (κ1) is 14.0. The van der Waals surface area contributed by atoms with E-state index >= 15 is 0 Å². The number of fused-ring (bicyclic) bond motifs is 1. The van der Waals surface area contributed by atoms with E-state index < -0.39 is 20.9 Å². The van der Waals surface area contributed by atoms with Gasteiger partial charge in [0.05, 0.1) is 5.69 Å². The number of nitrogens with zero attached hydrogens (tertiary/aromatic N) is 2. The molecule has 7 heteroatoms. The summed E-state index contributed by atoms with van der Waals surface area (Å²) in [5, 5.41) is 9.81. The van der Waals surface area contributed by atoms with Crippen LogP contribution in [0.3, 0.4) is 0 Å². The number of nitriles is 1. The Balaban J connectivity index is 2.93. The van der Waals surface area contributed by atoms with Crippen LogP contribution in [-0.2, 0) is 14.9 Å². The highest BCUT2D eigenvalue weighted by atomic mass is 32.2. The van der Waals surface area contributed by atoms with Gasteiger partial charge in [0.2, 0.25) is 5.91 Å². The third-order valence-electron chi connectivity index (χ3n) is 2.77. The normalized spacial score (nSPS) is 11.1. The third-order valence-corrected chi connectivity index (χ3v) is 3.72. The lowest BCUT2D eigenvalue weighted by Crippen LogP contribution is -2.24. The third kappa shape index (κ3) is 2.34. The summed E-state index contributed by atoms with van der Waals surface area (Å²) in [5.74, 6) is -0.646. The molecule has 0 aliphatic carbocycles. The van der Waals surface area contributed by atoms with E-state index in [1.807, 2.05) is 0 Å². The SMILES string of the molecule is CC(=O)N(C#N)c1ccc2ccccc2c1S(=O)(=O)O. The molecule has 1 amide bonds. The van der Waals surface area contributed by atoms with Crippen LogP contribution in [0.1, 0.15) is 6.92 Å². The molecule has 0 fully saturated rings. The van der Waals surface area contributed by atoms with Crippen LogP contribution in [-0.4, -0.2) is 18.9 Å². The van der Waals surface area contributed by atoms with Crippen molar-refractivity contribution in [2.45, 2.75) is 11.8 Å². The molecule has 0 atom stereocenters. The molecule has 0 aromatic heterocycles. The van der Waals surface area contributed by atoms with Crippen LogP contribution in [0.5, 0.6) is 0 Å². The van der Waals surface area contributed by atoms with Crippen molar-refractivity contribution in [2.75, 3.05) is 4.90 Å². The lowest BCUT2D eigenvalue weighted by Gasteiger charge is -2.16. The van der Waals surface area contributed by atoms with E-state index in [0.717, 1.165) is 6.92 Å². The molecule has 20 heavy (non-hydrogen) atoms. The number of benzene rings is 2. The molecule has 102 valence electrons. The van der Waals surface area contributed by atoms with Crippen LogP contribution in [0, 0.1) is 11.5 Å². The van der Waals surface area contributed by atoms with Crippen molar-refractivity contribution in [1.29, 1.82) is 5.26 Å².